The molecule has 2 N–H and O–H groups in total. The summed E-state index contributed by atoms with van der Waals surface area (Å²) in [5.74, 6) is 0.905. The van der Waals surface area contributed by atoms with Crippen molar-refractivity contribution in [3.05, 3.63) is 22.7 Å². The molecule has 98 valence electrons. The molecule has 0 spiro atoms. The third-order valence-electron chi connectivity index (χ3n) is 2.32. The van der Waals surface area contributed by atoms with Crippen LogP contribution < -0.4 is 15.2 Å². The number of methoxy groups -OCH3 is 1. The van der Waals surface area contributed by atoms with Crippen LogP contribution in [0.1, 0.15) is 19.4 Å². The fourth-order valence-electron chi connectivity index (χ4n) is 1.58. The number of hydrogen-bond donors (Lipinski definition) is 1. The maximum absolute atomic E-state index is 8.75. The molecule has 18 heavy (non-hydrogen) atoms. The van der Waals surface area contributed by atoms with Crippen LogP contribution in [0.2, 0.25) is 5.02 Å². The maximum atomic E-state index is 8.75. The molecule has 2 atom stereocenters. The molecule has 1 rings (SSSR count). The van der Waals surface area contributed by atoms with Crippen molar-refractivity contribution in [1.29, 1.82) is 5.26 Å². The summed E-state index contributed by atoms with van der Waals surface area (Å²) in [6, 6.07) is 5.63. The van der Waals surface area contributed by atoms with E-state index < -0.39 is 6.10 Å². The lowest BCUT2D eigenvalue weighted by Gasteiger charge is -2.15. The molecule has 0 aromatic heterocycles. The lowest BCUT2D eigenvalue weighted by Crippen LogP contribution is -2.18. The zero-order valence-corrected chi connectivity index (χ0v) is 11.5. The second kappa shape index (κ2) is 6.48. The van der Waals surface area contributed by atoms with Gasteiger partial charge < -0.3 is 15.2 Å². The van der Waals surface area contributed by atoms with E-state index in [9.17, 15) is 0 Å². The van der Waals surface area contributed by atoms with Crippen LogP contribution in [0.4, 0.5) is 0 Å². The van der Waals surface area contributed by atoms with Gasteiger partial charge in [0.15, 0.2) is 17.6 Å². The highest BCUT2D eigenvalue weighted by molar-refractivity contribution is 6.32. The Bertz CT molecular complexity index is 455. The molecule has 0 heterocycles. The Morgan fingerprint density at radius 2 is 2.11 bits per heavy atom. The van der Waals surface area contributed by atoms with E-state index in [0.717, 1.165) is 5.56 Å². The van der Waals surface area contributed by atoms with Gasteiger partial charge in [-0.25, -0.2) is 0 Å². The predicted octanol–water partition coefficient (Wildman–Crippen LogP) is 2.53. The highest BCUT2D eigenvalue weighted by atomic mass is 35.5. The smallest absolute Gasteiger partial charge is 0.182 e. The summed E-state index contributed by atoms with van der Waals surface area (Å²) in [4.78, 5) is 0. The summed E-state index contributed by atoms with van der Waals surface area (Å²) in [7, 11) is 1.53. The van der Waals surface area contributed by atoms with Gasteiger partial charge in [0.25, 0.3) is 0 Å². The molecule has 0 aliphatic heterocycles. The van der Waals surface area contributed by atoms with Gasteiger partial charge in [-0.15, -0.1) is 0 Å². The predicted molar refractivity (Wildman–Crippen MR) is 71.1 cm³/mol. The van der Waals surface area contributed by atoms with Gasteiger partial charge in [-0.2, -0.15) is 5.26 Å². The van der Waals surface area contributed by atoms with E-state index in [2.05, 4.69) is 0 Å². The summed E-state index contributed by atoms with van der Waals surface area (Å²) >= 11 is 6.14. The molecule has 0 fully saturated rings. The SMILES string of the molecule is COc1cc(CC(C)N)cc(Cl)c1OC(C)C#N. The van der Waals surface area contributed by atoms with Gasteiger partial charge in [0.1, 0.15) is 6.07 Å². The van der Waals surface area contributed by atoms with E-state index in [-0.39, 0.29) is 6.04 Å². The standard InChI is InChI=1S/C13H17ClN2O2/c1-8(16)4-10-5-11(14)13(12(6-10)17-3)18-9(2)7-15/h5-6,8-9H,4,16H2,1-3H3. The zero-order chi connectivity index (χ0) is 13.7. The van der Waals surface area contributed by atoms with Gasteiger partial charge in [0, 0.05) is 6.04 Å². The number of ether oxygens (including phenoxy) is 2. The Morgan fingerprint density at radius 3 is 2.61 bits per heavy atom. The minimum atomic E-state index is -0.587. The van der Waals surface area contributed by atoms with Gasteiger partial charge in [0.05, 0.1) is 12.1 Å². The molecular formula is C13H17ClN2O2. The van der Waals surface area contributed by atoms with Crippen molar-refractivity contribution in [3.8, 4) is 17.6 Å². The van der Waals surface area contributed by atoms with Crippen molar-refractivity contribution in [2.45, 2.75) is 32.4 Å². The van der Waals surface area contributed by atoms with Gasteiger partial charge >= 0.3 is 0 Å². The molecule has 2 unspecified atom stereocenters. The van der Waals surface area contributed by atoms with Crippen molar-refractivity contribution >= 4 is 11.6 Å². The van der Waals surface area contributed by atoms with Crippen LogP contribution in [0.5, 0.6) is 11.5 Å². The molecule has 0 saturated carbocycles. The third kappa shape index (κ3) is 3.80. The van der Waals surface area contributed by atoms with Gasteiger partial charge in [-0.1, -0.05) is 11.6 Å². The summed E-state index contributed by atoms with van der Waals surface area (Å²) < 4.78 is 10.7. The highest BCUT2D eigenvalue weighted by Gasteiger charge is 2.15. The maximum Gasteiger partial charge on any atom is 0.182 e. The number of halogens is 1. The number of nitriles is 1. The van der Waals surface area contributed by atoms with Crippen LogP contribution in [-0.2, 0) is 6.42 Å². The largest absolute Gasteiger partial charge is 0.493 e. The average molecular weight is 269 g/mol. The van der Waals surface area contributed by atoms with E-state index in [1.54, 1.807) is 13.0 Å². The number of benzene rings is 1. The molecule has 5 heteroatoms. The van der Waals surface area contributed by atoms with Crippen LogP contribution in [0.3, 0.4) is 0 Å². The van der Waals surface area contributed by atoms with Crippen molar-refractivity contribution in [1.82, 2.24) is 0 Å². The summed E-state index contributed by atoms with van der Waals surface area (Å²) in [5, 5.41) is 9.17. The molecule has 0 bridgehead atoms. The second-order valence-corrected chi connectivity index (χ2v) is 4.59. The third-order valence-corrected chi connectivity index (χ3v) is 2.60. The zero-order valence-electron chi connectivity index (χ0n) is 10.7. The number of nitrogens with two attached hydrogens (primary N) is 1. The monoisotopic (exact) mass is 268 g/mol. The first-order valence-corrected chi connectivity index (χ1v) is 6.04. The van der Waals surface area contributed by atoms with Crippen LogP contribution in [0.15, 0.2) is 12.1 Å². The van der Waals surface area contributed by atoms with Gasteiger partial charge in [-0.3, -0.25) is 0 Å². The molecule has 0 amide bonds. The first-order chi connectivity index (χ1) is 8.47. The van der Waals surface area contributed by atoms with Gasteiger partial charge in [-0.05, 0) is 38.0 Å². The van der Waals surface area contributed by atoms with Crippen LogP contribution >= 0.6 is 11.6 Å². The first-order valence-electron chi connectivity index (χ1n) is 5.66. The number of hydrogen-bond acceptors (Lipinski definition) is 4. The molecule has 0 saturated heterocycles. The number of rotatable bonds is 5. The quantitative estimate of drug-likeness (QED) is 0.891. The Balaban J connectivity index is 3.08. The first kappa shape index (κ1) is 14.6. The fraction of sp³-hybridized carbons (Fsp3) is 0.462. The van der Waals surface area contributed by atoms with E-state index >= 15 is 0 Å². The lowest BCUT2D eigenvalue weighted by molar-refractivity contribution is 0.260. The average Bonchev–Trinajstić information content (AvgIpc) is 2.31. The normalized spacial score (nSPS) is 13.6. The van der Waals surface area contributed by atoms with Crippen molar-refractivity contribution in [2.24, 2.45) is 5.73 Å². The summed E-state index contributed by atoms with van der Waals surface area (Å²) in [5.41, 5.74) is 6.72. The fourth-order valence-corrected chi connectivity index (χ4v) is 1.86. The molecule has 1 aromatic rings. The molecular weight excluding hydrogens is 252 g/mol. The van der Waals surface area contributed by atoms with E-state index in [1.165, 1.54) is 7.11 Å². The molecule has 1 aromatic carbocycles. The Morgan fingerprint density at radius 1 is 1.44 bits per heavy atom. The molecule has 0 aliphatic rings. The van der Waals surface area contributed by atoms with E-state index in [0.29, 0.717) is 22.9 Å². The highest BCUT2D eigenvalue weighted by Crippen LogP contribution is 2.37. The van der Waals surface area contributed by atoms with Gasteiger partial charge in [0.2, 0.25) is 0 Å². The Kier molecular flexibility index (Phi) is 5.26. The Labute approximate surface area is 112 Å². The van der Waals surface area contributed by atoms with Crippen molar-refractivity contribution < 1.29 is 9.47 Å². The minimum Gasteiger partial charge on any atom is -0.493 e. The Hall–Kier alpha value is -1.44. The minimum absolute atomic E-state index is 0.0376. The van der Waals surface area contributed by atoms with Crippen molar-refractivity contribution in [2.75, 3.05) is 7.11 Å². The molecule has 4 nitrogen and oxygen atoms in total. The lowest BCUT2D eigenvalue weighted by atomic mass is 10.1. The molecule has 0 aliphatic carbocycles. The van der Waals surface area contributed by atoms with E-state index in [1.807, 2.05) is 19.1 Å². The number of nitrogens with zero attached hydrogens (tertiary/aromatic N) is 1. The summed E-state index contributed by atoms with van der Waals surface area (Å²) in [6.45, 7) is 3.56. The summed E-state index contributed by atoms with van der Waals surface area (Å²) in [6.07, 6.45) is 0.111. The van der Waals surface area contributed by atoms with Crippen molar-refractivity contribution in [3.63, 3.8) is 0 Å². The topological polar surface area (TPSA) is 68.3 Å². The molecule has 0 radical (unpaired) electrons. The van der Waals surface area contributed by atoms with Crippen LogP contribution in [0, 0.1) is 11.3 Å². The van der Waals surface area contributed by atoms with Crippen LogP contribution in [-0.4, -0.2) is 19.3 Å². The van der Waals surface area contributed by atoms with E-state index in [4.69, 9.17) is 32.1 Å². The second-order valence-electron chi connectivity index (χ2n) is 4.18. The van der Waals surface area contributed by atoms with Crippen LogP contribution in [0.25, 0.3) is 0 Å².